The Kier molecular flexibility index (Phi) is 8.47. The number of fused-ring (bicyclic) bond motifs is 1. The van der Waals surface area contributed by atoms with Gasteiger partial charge in [0, 0.05) is 51.8 Å². The molecule has 1 aromatic heterocycles. The number of nitrogens with zero attached hydrogens (tertiary/aromatic N) is 2. The van der Waals surface area contributed by atoms with Gasteiger partial charge in [0.15, 0.2) is 0 Å². The number of amides is 1. The van der Waals surface area contributed by atoms with Gasteiger partial charge in [-0.15, -0.1) is 24.2 Å². The second-order valence-corrected chi connectivity index (χ2v) is 10.2. The number of hydrogen-bond donors (Lipinski definition) is 1. The lowest BCUT2D eigenvalue weighted by Crippen LogP contribution is -2.39. The highest BCUT2D eigenvalue weighted by Gasteiger charge is 2.30. The van der Waals surface area contributed by atoms with Crippen molar-refractivity contribution in [3.8, 4) is 0 Å². The maximum atomic E-state index is 13.9. The van der Waals surface area contributed by atoms with Crippen LogP contribution in [0.1, 0.15) is 28.8 Å². The Balaban J connectivity index is 0.00000336. The third-order valence-electron chi connectivity index (χ3n) is 6.34. The topological polar surface area (TPSA) is 45.2 Å². The van der Waals surface area contributed by atoms with E-state index in [4.69, 9.17) is 0 Å². The molecule has 10 heteroatoms. The average molecular weight is 562 g/mol. The molecule has 1 aliphatic heterocycles. The van der Waals surface area contributed by atoms with Gasteiger partial charge < -0.3 is 10.2 Å². The third kappa shape index (κ3) is 6.22. The molecule has 0 aliphatic carbocycles. The fraction of sp³-hybridized carbons (Fsp3) is 0.214. The number of rotatable bonds is 5. The van der Waals surface area contributed by atoms with E-state index in [9.17, 15) is 22.4 Å². The number of pyridine rings is 1. The number of alkyl halides is 3. The molecule has 5 rings (SSSR count). The third-order valence-corrected chi connectivity index (χ3v) is 7.73. The molecular formula is C28H24ClF4N3OS. The predicted molar refractivity (Wildman–Crippen MR) is 145 cm³/mol. The minimum atomic E-state index is -4.43. The molecule has 1 saturated heterocycles. The lowest BCUT2D eigenvalue weighted by molar-refractivity contribution is -0.137. The molecule has 3 aromatic carbocycles. The summed E-state index contributed by atoms with van der Waals surface area (Å²) in [6, 6.07) is 18.9. The van der Waals surface area contributed by atoms with Crippen LogP contribution in [0.2, 0.25) is 0 Å². The largest absolute Gasteiger partial charge is 0.416 e. The van der Waals surface area contributed by atoms with Crippen molar-refractivity contribution < 1.29 is 22.4 Å². The number of benzene rings is 3. The highest BCUT2D eigenvalue weighted by atomic mass is 35.5. The summed E-state index contributed by atoms with van der Waals surface area (Å²) in [4.78, 5) is 19.5. The van der Waals surface area contributed by atoms with E-state index in [0.29, 0.717) is 40.3 Å². The Morgan fingerprint density at radius 1 is 0.974 bits per heavy atom. The second kappa shape index (κ2) is 11.6. The number of anilines is 2. The molecule has 0 saturated carbocycles. The van der Waals surface area contributed by atoms with Gasteiger partial charge in [-0.3, -0.25) is 9.78 Å². The molecular weight excluding hydrogens is 538 g/mol. The highest BCUT2D eigenvalue weighted by molar-refractivity contribution is 8.00. The van der Waals surface area contributed by atoms with E-state index in [2.05, 4.69) is 10.3 Å². The van der Waals surface area contributed by atoms with Crippen molar-refractivity contribution in [1.82, 2.24) is 9.88 Å². The summed E-state index contributed by atoms with van der Waals surface area (Å²) in [5, 5.41) is 4.03. The summed E-state index contributed by atoms with van der Waals surface area (Å²) >= 11 is 1.52. The van der Waals surface area contributed by atoms with Crippen molar-refractivity contribution >= 4 is 52.4 Å². The Bertz CT molecular complexity index is 1420. The summed E-state index contributed by atoms with van der Waals surface area (Å²) in [7, 11) is 0. The van der Waals surface area contributed by atoms with E-state index in [0.717, 1.165) is 25.0 Å². The molecule has 38 heavy (non-hydrogen) atoms. The summed E-state index contributed by atoms with van der Waals surface area (Å²) in [5.41, 5.74) is 1.36. The van der Waals surface area contributed by atoms with Crippen molar-refractivity contribution in [2.45, 2.75) is 29.2 Å². The van der Waals surface area contributed by atoms with Crippen LogP contribution in [0.3, 0.4) is 0 Å². The molecule has 4 nitrogen and oxygen atoms in total. The zero-order valence-corrected chi connectivity index (χ0v) is 21.7. The summed E-state index contributed by atoms with van der Waals surface area (Å²) < 4.78 is 53.0. The van der Waals surface area contributed by atoms with Crippen LogP contribution in [0, 0.1) is 5.82 Å². The molecule has 0 atom stereocenters. The SMILES string of the molecule is Cl.O=C(c1ccc(Nc2ccnc3cc(C(F)(F)F)ccc23)cc1)N1CCC(Sc2ccccc2F)CC1. The van der Waals surface area contributed by atoms with Gasteiger partial charge in [-0.2, -0.15) is 13.2 Å². The van der Waals surface area contributed by atoms with Gasteiger partial charge in [-0.1, -0.05) is 18.2 Å². The van der Waals surface area contributed by atoms with Crippen LogP contribution < -0.4 is 5.32 Å². The standard InChI is InChI=1S/C28H23F4N3OS.ClH/c29-23-3-1-2-4-26(23)37-21-12-15-35(16-13-21)27(36)18-5-8-20(9-6-18)34-24-11-14-33-25-17-19(28(30,31)32)7-10-22(24)25;/h1-11,14,17,21H,12-13,15-16H2,(H,33,34);1H. The fourth-order valence-corrected chi connectivity index (χ4v) is 5.51. The lowest BCUT2D eigenvalue weighted by atomic mass is 10.1. The number of carbonyl (C=O) groups is 1. The minimum absolute atomic E-state index is 0. The van der Waals surface area contributed by atoms with Crippen molar-refractivity contribution in [3.05, 3.63) is 95.9 Å². The number of carbonyl (C=O) groups excluding carboxylic acids is 1. The molecule has 0 bridgehead atoms. The van der Waals surface area contributed by atoms with Gasteiger partial charge in [0.05, 0.1) is 11.1 Å². The summed E-state index contributed by atoms with van der Waals surface area (Å²) in [6.45, 7) is 1.21. The van der Waals surface area contributed by atoms with E-state index in [-0.39, 0.29) is 34.9 Å². The smallest absolute Gasteiger partial charge is 0.355 e. The first-order valence-electron chi connectivity index (χ1n) is 11.8. The molecule has 2 heterocycles. The van der Waals surface area contributed by atoms with E-state index in [1.54, 1.807) is 42.5 Å². The minimum Gasteiger partial charge on any atom is -0.355 e. The van der Waals surface area contributed by atoms with Gasteiger partial charge in [0.25, 0.3) is 5.91 Å². The maximum absolute atomic E-state index is 13.9. The molecule has 0 spiro atoms. The van der Waals surface area contributed by atoms with E-state index < -0.39 is 11.7 Å². The van der Waals surface area contributed by atoms with Gasteiger partial charge in [-0.05, 0) is 67.4 Å². The number of likely N-dealkylation sites (tertiary alicyclic amines) is 1. The maximum Gasteiger partial charge on any atom is 0.416 e. The second-order valence-electron chi connectivity index (χ2n) is 8.83. The van der Waals surface area contributed by atoms with Gasteiger partial charge in [0.2, 0.25) is 0 Å². The van der Waals surface area contributed by atoms with Crippen molar-refractivity contribution in [2.75, 3.05) is 18.4 Å². The highest BCUT2D eigenvalue weighted by Crippen LogP contribution is 2.34. The Morgan fingerprint density at radius 2 is 1.68 bits per heavy atom. The first-order valence-corrected chi connectivity index (χ1v) is 12.7. The molecule has 0 unspecified atom stereocenters. The number of piperidine rings is 1. The van der Waals surface area contributed by atoms with Gasteiger partial charge in [0.1, 0.15) is 5.82 Å². The van der Waals surface area contributed by atoms with Crippen LogP contribution in [-0.2, 0) is 6.18 Å². The van der Waals surface area contributed by atoms with Crippen molar-refractivity contribution in [3.63, 3.8) is 0 Å². The number of hydrogen-bond acceptors (Lipinski definition) is 4. The molecule has 198 valence electrons. The average Bonchev–Trinajstić information content (AvgIpc) is 2.90. The number of nitrogens with one attached hydrogen (secondary N) is 1. The lowest BCUT2D eigenvalue weighted by Gasteiger charge is -2.31. The van der Waals surface area contributed by atoms with E-state index >= 15 is 0 Å². The first-order chi connectivity index (χ1) is 17.8. The molecule has 1 N–H and O–H groups in total. The Labute approximate surface area is 227 Å². The molecule has 0 radical (unpaired) electrons. The number of halogens is 5. The van der Waals surface area contributed by atoms with Crippen LogP contribution in [0.4, 0.5) is 28.9 Å². The Hall–Kier alpha value is -3.30. The van der Waals surface area contributed by atoms with Crippen molar-refractivity contribution in [2.24, 2.45) is 0 Å². The van der Waals surface area contributed by atoms with Crippen molar-refractivity contribution in [1.29, 1.82) is 0 Å². The van der Waals surface area contributed by atoms with Crippen LogP contribution in [-0.4, -0.2) is 34.1 Å². The summed E-state index contributed by atoms with van der Waals surface area (Å²) in [5.74, 6) is -0.277. The van der Waals surface area contributed by atoms with Gasteiger partial charge >= 0.3 is 6.18 Å². The van der Waals surface area contributed by atoms with Gasteiger partial charge in [-0.25, -0.2) is 4.39 Å². The molecule has 1 fully saturated rings. The first kappa shape index (κ1) is 27.7. The predicted octanol–water partition coefficient (Wildman–Crippen LogP) is 7.96. The molecule has 1 amide bonds. The van der Waals surface area contributed by atoms with E-state index in [1.165, 1.54) is 30.1 Å². The van der Waals surface area contributed by atoms with Crippen LogP contribution in [0.5, 0.6) is 0 Å². The monoisotopic (exact) mass is 561 g/mol. The number of thioether (sulfide) groups is 1. The number of aromatic nitrogens is 1. The van der Waals surface area contributed by atoms with Crippen LogP contribution in [0.25, 0.3) is 10.9 Å². The fourth-order valence-electron chi connectivity index (χ4n) is 4.36. The quantitative estimate of drug-likeness (QED) is 0.251. The normalized spacial score (nSPS) is 14.3. The van der Waals surface area contributed by atoms with E-state index in [1.807, 2.05) is 11.0 Å². The Morgan fingerprint density at radius 3 is 2.37 bits per heavy atom. The van der Waals surface area contributed by atoms with Crippen LogP contribution >= 0.6 is 24.2 Å². The molecule has 4 aromatic rings. The zero-order valence-electron chi connectivity index (χ0n) is 20.0. The molecule has 1 aliphatic rings. The summed E-state index contributed by atoms with van der Waals surface area (Å²) in [6.07, 6.45) is -1.41. The zero-order chi connectivity index (χ0) is 26.0. The van der Waals surface area contributed by atoms with Crippen LogP contribution in [0.15, 0.2) is 83.9 Å².